The molecule has 0 amide bonds. The highest BCUT2D eigenvalue weighted by Gasteiger charge is 2.22. The fraction of sp³-hybridized carbons (Fsp3) is 0.600. The van der Waals surface area contributed by atoms with Gasteiger partial charge in [-0.2, -0.15) is 0 Å². The van der Waals surface area contributed by atoms with Gasteiger partial charge in [0.05, 0.1) is 0 Å². The van der Waals surface area contributed by atoms with Crippen LogP contribution in [-0.4, -0.2) is 24.5 Å². The molecular weight excluding hydrogens is 208 g/mol. The van der Waals surface area contributed by atoms with Crippen LogP contribution in [0.5, 0.6) is 0 Å². The first kappa shape index (κ1) is 12.6. The summed E-state index contributed by atoms with van der Waals surface area (Å²) in [4.78, 5) is 2.41. The van der Waals surface area contributed by atoms with Gasteiger partial charge in [-0.1, -0.05) is 43.2 Å². The van der Waals surface area contributed by atoms with Crippen molar-refractivity contribution in [2.24, 2.45) is 11.7 Å². The van der Waals surface area contributed by atoms with Crippen molar-refractivity contribution in [2.75, 3.05) is 13.6 Å². The molecule has 1 aliphatic rings. The average Bonchev–Trinajstić information content (AvgIpc) is 2.33. The van der Waals surface area contributed by atoms with Crippen molar-refractivity contribution in [3.05, 3.63) is 35.9 Å². The van der Waals surface area contributed by atoms with E-state index in [4.69, 9.17) is 5.73 Å². The lowest BCUT2D eigenvalue weighted by atomic mass is 9.85. The Bertz CT molecular complexity index is 323. The molecule has 0 aromatic heterocycles. The van der Waals surface area contributed by atoms with Crippen molar-refractivity contribution in [3.8, 4) is 0 Å². The second-order valence-electron chi connectivity index (χ2n) is 5.39. The molecule has 2 heteroatoms. The monoisotopic (exact) mass is 232 g/mol. The van der Waals surface area contributed by atoms with E-state index >= 15 is 0 Å². The van der Waals surface area contributed by atoms with Gasteiger partial charge in [0.2, 0.25) is 0 Å². The lowest BCUT2D eigenvalue weighted by Gasteiger charge is -2.32. The van der Waals surface area contributed by atoms with Crippen LogP contribution in [0.15, 0.2) is 30.3 Å². The first-order chi connectivity index (χ1) is 8.25. The molecular formula is C15H24N2. The third kappa shape index (κ3) is 3.83. The molecule has 0 saturated heterocycles. The second-order valence-corrected chi connectivity index (χ2v) is 5.39. The van der Waals surface area contributed by atoms with Crippen molar-refractivity contribution < 1.29 is 0 Å². The molecule has 1 aromatic carbocycles. The molecule has 1 fully saturated rings. The lowest BCUT2D eigenvalue weighted by molar-refractivity contribution is 0.206. The molecule has 0 heterocycles. The highest BCUT2D eigenvalue weighted by atomic mass is 15.1. The lowest BCUT2D eigenvalue weighted by Crippen LogP contribution is -2.39. The van der Waals surface area contributed by atoms with Gasteiger partial charge in [0.1, 0.15) is 0 Å². The summed E-state index contributed by atoms with van der Waals surface area (Å²) in [5.74, 6) is 0.692. The fourth-order valence-corrected chi connectivity index (χ4v) is 2.82. The molecule has 0 bridgehead atoms. The molecule has 2 atom stereocenters. The molecule has 0 radical (unpaired) electrons. The molecule has 0 spiro atoms. The maximum absolute atomic E-state index is 6.19. The number of benzene rings is 1. The Hall–Kier alpha value is -0.860. The van der Waals surface area contributed by atoms with E-state index in [0.717, 1.165) is 13.1 Å². The minimum absolute atomic E-state index is 0.418. The van der Waals surface area contributed by atoms with Gasteiger partial charge in [-0.15, -0.1) is 0 Å². The van der Waals surface area contributed by atoms with Crippen molar-refractivity contribution >= 4 is 0 Å². The highest BCUT2D eigenvalue weighted by molar-refractivity contribution is 5.14. The zero-order valence-electron chi connectivity index (χ0n) is 10.8. The molecule has 94 valence electrons. The zero-order chi connectivity index (χ0) is 12.1. The Labute approximate surface area is 105 Å². The fourth-order valence-electron chi connectivity index (χ4n) is 2.82. The minimum Gasteiger partial charge on any atom is -0.327 e. The largest absolute Gasteiger partial charge is 0.327 e. The molecule has 2 nitrogen and oxygen atoms in total. The quantitative estimate of drug-likeness (QED) is 0.864. The normalized spacial score (nSPS) is 25.1. The van der Waals surface area contributed by atoms with E-state index in [2.05, 4.69) is 42.3 Å². The second kappa shape index (κ2) is 6.18. The van der Waals surface area contributed by atoms with Gasteiger partial charge in [0.15, 0.2) is 0 Å². The zero-order valence-corrected chi connectivity index (χ0v) is 10.8. The topological polar surface area (TPSA) is 29.3 Å². The first-order valence-electron chi connectivity index (χ1n) is 6.74. The number of rotatable bonds is 4. The first-order valence-corrected chi connectivity index (χ1v) is 6.74. The summed E-state index contributed by atoms with van der Waals surface area (Å²) < 4.78 is 0. The van der Waals surface area contributed by atoms with Crippen LogP contribution in [0.1, 0.15) is 31.2 Å². The molecule has 2 unspecified atom stereocenters. The molecule has 1 saturated carbocycles. The van der Waals surface area contributed by atoms with E-state index in [9.17, 15) is 0 Å². The molecule has 2 rings (SSSR count). The van der Waals surface area contributed by atoms with Crippen LogP contribution in [0.4, 0.5) is 0 Å². The third-order valence-electron chi connectivity index (χ3n) is 3.81. The maximum Gasteiger partial charge on any atom is 0.0230 e. The highest BCUT2D eigenvalue weighted by Crippen LogP contribution is 2.23. The summed E-state index contributed by atoms with van der Waals surface area (Å²) in [6.07, 6.45) is 5.20. The van der Waals surface area contributed by atoms with Crippen molar-refractivity contribution in [1.82, 2.24) is 4.90 Å². The van der Waals surface area contributed by atoms with E-state index in [1.807, 2.05) is 0 Å². The Balaban J connectivity index is 1.82. The minimum atomic E-state index is 0.418. The SMILES string of the molecule is CN(Cc1ccccc1)CC1CCCCC1N. The van der Waals surface area contributed by atoms with Gasteiger partial charge < -0.3 is 10.6 Å². The van der Waals surface area contributed by atoms with Gasteiger partial charge in [0, 0.05) is 19.1 Å². The van der Waals surface area contributed by atoms with Crippen molar-refractivity contribution in [1.29, 1.82) is 0 Å². The summed E-state index contributed by atoms with van der Waals surface area (Å²) in [6, 6.07) is 11.1. The number of hydrogen-bond donors (Lipinski definition) is 1. The van der Waals surface area contributed by atoms with Gasteiger partial charge in [-0.05, 0) is 31.4 Å². The molecule has 17 heavy (non-hydrogen) atoms. The predicted octanol–water partition coefficient (Wildman–Crippen LogP) is 2.64. The van der Waals surface area contributed by atoms with Gasteiger partial charge in [0.25, 0.3) is 0 Å². The maximum atomic E-state index is 6.19. The van der Waals surface area contributed by atoms with Crippen LogP contribution in [0.25, 0.3) is 0 Å². The van der Waals surface area contributed by atoms with E-state index in [1.165, 1.54) is 31.2 Å². The van der Waals surface area contributed by atoms with Gasteiger partial charge in [-0.25, -0.2) is 0 Å². The standard InChI is InChI=1S/C15H24N2/c1-17(11-13-7-3-2-4-8-13)12-14-9-5-6-10-15(14)16/h2-4,7-8,14-15H,5-6,9-12,16H2,1H3. The van der Waals surface area contributed by atoms with E-state index < -0.39 is 0 Å². The number of nitrogens with zero attached hydrogens (tertiary/aromatic N) is 1. The molecule has 1 aliphatic carbocycles. The Morgan fingerprint density at radius 2 is 1.88 bits per heavy atom. The van der Waals surface area contributed by atoms with Crippen LogP contribution >= 0.6 is 0 Å². The van der Waals surface area contributed by atoms with Crippen molar-refractivity contribution in [2.45, 2.75) is 38.3 Å². The summed E-state index contributed by atoms with van der Waals surface area (Å²) >= 11 is 0. The van der Waals surface area contributed by atoms with E-state index in [1.54, 1.807) is 0 Å². The van der Waals surface area contributed by atoms with Gasteiger partial charge in [-0.3, -0.25) is 0 Å². The molecule has 2 N–H and O–H groups in total. The average molecular weight is 232 g/mol. The molecule has 1 aromatic rings. The van der Waals surface area contributed by atoms with Crippen molar-refractivity contribution in [3.63, 3.8) is 0 Å². The van der Waals surface area contributed by atoms with Gasteiger partial charge >= 0.3 is 0 Å². The Morgan fingerprint density at radius 1 is 1.18 bits per heavy atom. The van der Waals surface area contributed by atoms with E-state index in [0.29, 0.717) is 12.0 Å². The Morgan fingerprint density at radius 3 is 2.59 bits per heavy atom. The summed E-state index contributed by atoms with van der Waals surface area (Å²) in [6.45, 7) is 2.17. The Kier molecular flexibility index (Phi) is 4.57. The van der Waals surface area contributed by atoms with Crippen LogP contribution in [-0.2, 0) is 6.54 Å². The molecule has 0 aliphatic heterocycles. The summed E-state index contributed by atoms with van der Waals surface area (Å²) in [5, 5.41) is 0. The van der Waals surface area contributed by atoms with Crippen LogP contribution in [0.2, 0.25) is 0 Å². The third-order valence-corrected chi connectivity index (χ3v) is 3.81. The smallest absolute Gasteiger partial charge is 0.0230 e. The van der Waals surface area contributed by atoms with Crippen LogP contribution in [0.3, 0.4) is 0 Å². The van der Waals surface area contributed by atoms with Crippen LogP contribution < -0.4 is 5.73 Å². The van der Waals surface area contributed by atoms with Crippen LogP contribution in [0, 0.1) is 5.92 Å². The summed E-state index contributed by atoms with van der Waals surface area (Å²) in [5.41, 5.74) is 7.58. The summed E-state index contributed by atoms with van der Waals surface area (Å²) in [7, 11) is 2.20. The van der Waals surface area contributed by atoms with E-state index in [-0.39, 0.29) is 0 Å². The number of hydrogen-bond acceptors (Lipinski definition) is 2. The number of nitrogens with two attached hydrogens (primary N) is 1. The predicted molar refractivity (Wildman–Crippen MR) is 72.7 cm³/mol.